The normalized spacial score (nSPS) is 10.1. The molecule has 0 aliphatic rings. The van der Waals surface area contributed by atoms with Crippen molar-refractivity contribution < 1.29 is 23.9 Å². The van der Waals surface area contributed by atoms with Gasteiger partial charge in [0.15, 0.2) is 6.61 Å². The summed E-state index contributed by atoms with van der Waals surface area (Å²) in [4.78, 5) is 35.4. The lowest BCUT2D eigenvalue weighted by Crippen LogP contribution is -2.21. The average molecular weight is 384 g/mol. The molecule has 2 amide bonds. The predicted octanol–water partition coefficient (Wildman–Crippen LogP) is 3.29. The molecule has 148 valence electrons. The second kappa shape index (κ2) is 10.7. The number of ether oxygens (including phenoxy) is 2. The number of nitrogens with one attached hydrogen (secondary N) is 2. The van der Waals surface area contributed by atoms with E-state index in [0.717, 1.165) is 5.56 Å². The van der Waals surface area contributed by atoms with E-state index in [0.29, 0.717) is 23.7 Å². The first-order chi connectivity index (χ1) is 13.5. The first-order valence-corrected chi connectivity index (χ1v) is 9.01. The summed E-state index contributed by atoms with van der Waals surface area (Å²) in [5.41, 5.74) is 2.27. The van der Waals surface area contributed by atoms with E-state index >= 15 is 0 Å². The van der Waals surface area contributed by atoms with Crippen molar-refractivity contribution in [2.45, 2.75) is 26.7 Å². The molecular formula is C21H24N2O5. The Morgan fingerprint density at radius 3 is 2.29 bits per heavy atom. The van der Waals surface area contributed by atoms with Crippen molar-refractivity contribution >= 4 is 29.2 Å². The molecule has 7 nitrogen and oxygen atoms in total. The molecule has 28 heavy (non-hydrogen) atoms. The zero-order chi connectivity index (χ0) is 20.4. The molecule has 2 aromatic carbocycles. The molecule has 2 N–H and O–H groups in total. The van der Waals surface area contributed by atoms with Crippen molar-refractivity contribution in [3.05, 3.63) is 54.1 Å². The Kier molecular flexibility index (Phi) is 8.02. The van der Waals surface area contributed by atoms with Crippen molar-refractivity contribution in [2.75, 3.05) is 23.8 Å². The highest BCUT2D eigenvalue weighted by Crippen LogP contribution is 2.15. The van der Waals surface area contributed by atoms with Crippen molar-refractivity contribution in [3.63, 3.8) is 0 Å². The monoisotopic (exact) mass is 384 g/mol. The van der Waals surface area contributed by atoms with Crippen LogP contribution >= 0.6 is 0 Å². The quantitative estimate of drug-likeness (QED) is 0.647. The fourth-order valence-corrected chi connectivity index (χ4v) is 2.38. The van der Waals surface area contributed by atoms with Crippen molar-refractivity contribution in [3.8, 4) is 5.75 Å². The van der Waals surface area contributed by atoms with Crippen LogP contribution in [0.15, 0.2) is 48.5 Å². The van der Waals surface area contributed by atoms with E-state index in [1.165, 1.54) is 0 Å². The van der Waals surface area contributed by atoms with Gasteiger partial charge in [-0.3, -0.25) is 14.4 Å². The Morgan fingerprint density at radius 2 is 1.61 bits per heavy atom. The van der Waals surface area contributed by atoms with Gasteiger partial charge in [0.1, 0.15) is 5.75 Å². The maximum Gasteiger partial charge on any atom is 0.306 e. The van der Waals surface area contributed by atoms with E-state index in [1.807, 2.05) is 32.0 Å². The molecule has 0 atom stereocenters. The first-order valence-electron chi connectivity index (χ1n) is 9.01. The van der Waals surface area contributed by atoms with Gasteiger partial charge in [0.25, 0.3) is 5.91 Å². The molecule has 0 heterocycles. The number of amides is 2. The van der Waals surface area contributed by atoms with E-state index in [9.17, 15) is 14.4 Å². The van der Waals surface area contributed by atoms with E-state index in [-0.39, 0.29) is 18.7 Å². The van der Waals surface area contributed by atoms with Gasteiger partial charge >= 0.3 is 5.97 Å². The largest absolute Gasteiger partial charge is 0.494 e. The van der Waals surface area contributed by atoms with Crippen molar-refractivity contribution in [2.24, 2.45) is 0 Å². The lowest BCUT2D eigenvalue weighted by atomic mass is 10.2. The molecule has 0 radical (unpaired) electrons. The summed E-state index contributed by atoms with van der Waals surface area (Å²) in [7, 11) is 0. The second-order valence-electron chi connectivity index (χ2n) is 6.08. The molecule has 0 spiro atoms. The van der Waals surface area contributed by atoms with Gasteiger partial charge in [0, 0.05) is 17.8 Å². The summed E-state index contributed by atoms with van der Waals surface area (Å²) in [6.07, 6.45) is -0.124. The molecule has 0 aliphatic carbocycles. The number of aryl methyl sites for hydroxylation is 1. The maximum atomic E-state index is 11.9. The van der Waals surface area contributed by atoms with Gasteiger partial charge in [-0.2, -0.15) is 0 Å². The van der Waals surface area contributed by atoms with Crippen LogP contribution in [0.5, 0.6) is 5.75 Å². The van der Waals surface area contributed by atoms with Crippen LogP contribution in [0.25, 0.3) is 0 Å². The highest BCUT2D eigenvalue weighted by Gasteiger charge is 2.11. The predicted molar refractivity (Wildman–Crippen MR) is 106 cm³/mol. The Labute approximate surface area is 164 Å². The van der Waals surface area contributed by atoms with Gasteiger partial charge < -0.3 is 20.1 Å². The minimum Gasteiger partial charge on any atom is -0.494 e. The molecular weight excluding hydrogens is 360 g/mol. The van der Waals surface area contributed by atoms with Crippen molar-refractivity contribution in [1.82, 2.24) is 0 Å². The zero-order valence-corrected chi connectivity index (χ0v) is 16.0. The second-order valence-corrected chi connectivity index (χ2v) is 6.08. The third-order valence-corrected chi connectivity index (χ3v) is 3.67. The van der Waals surface area contributed by atoms with Crippen LogP contribution in [0.3, 0.4) is 0 Å². The number of carbonyl (C=O) groups is 3. The maximum absolute atomic E-state index is 11.9. The number of carbonyl (C=O) groups excluding carboxylic acids is 3. The molecule has 2 rings (SSSR count). The van der Waals surface area contributed by atoms with Crippen LogP contribution in [0, 0.1) is 6.92 Å². The Balaban J connectivity index is 1.67. The number of benzene rings is 2. The molecule has 2 aromatic rings. The smallest absolute Gasteiger partial charge is 0.306 e. The van der Waals surface area contributed by atoms with Gasteiger partial charge in [-0.05, 0) is 55.8 Å². The van der Waals surface area contributed by atoms with Gasteiger partial charge in [-0.15, -0.1) is 0 Å². The van der Waals surface area contributed by atoms with Crippen LogP contribution in [0.1, 0.15) is 25.3 Å². The Morgan fingerprint density at radius 1 is 0.893 bits per heavy atom. The molecule has 0 unspecified atom stereocenters. The summed E-state index contributed by atoms with van der Waals surface area (Å²) >= 11 is 0. The zero-order valence-electron chi connectivity index (χ0n) is 16.0. The van der Waals surface area contributed by atoms with Crippen LogP contribution < -0.4 is 15.4 Å². The lowest BCUT2D eigenvalue weighted by molar-refractivity contribution is -0.147. The fraction of sp³-hybridized carbons (Fsp3) is 0.286. The van der Waals surface area contributed by atoms with Crippen LogP contribution in [0.2, 0.25) is 0 Å². The summed E-state index contributed by atoms with van der Waals surface area (Å²) in [5, 5.41) is 5.33. The van der Waals surface area contributed by atoms with E-state index < -0.39 is 18.5 Å². The Hall–Kier alpha value is -3.35. The fourth-order valence-electron chi connectivity index (χ4n) is 2.38. The summed E-state index contributed by atoms with van der Waals surface area (Å²) in [6, 6.07) is 14.2. The molecule has 0 fully saturated rings. The molecule has 0 saturated heterocycles. The summed E-state index contributed by atoms with van der Waals surface area (Å²) in [6.45, 7) is 3.96. The Bertz CT molecular complexity index is 818. The first kappa shape index (κ1) is 21.0. The third-order valence-electron chi connectivity index (χ3n) is 3.67. The standard InChI is InChI=1S/C21H24N2O5/c1-3-27-18-9-7-16(8-10-18)22-20(25)14-28-21(26)12-11-19(24)23-17-6-4-5-15(2)13-17/h4-10,13H,3,11-12,14H2,1-2H3,(H,22,25)(H,23,24). The van der Waals surface area contributed by atoms with E-state index in [1.54, 1.807) is 30.3 Å². The number of hydrogen-bond acceptors (Lipinski definition) is 5. The van der Waals surface area contributed by atoms with Gasteiger partial charge in [0.2, 0.25) is 5.91 Å². The van der Waals surface area contributed by atoms with Crippen LogP contribution in [-0.4, -0.2) is 31.0 Å². The molecule has 0 aliphatic heterocycles. The van der Waals surface area contributed by atoms with E-state index in [4.69, 9.17) is 9.47 Å². The van der Waals surface area contributed by atoms with E-state index in [2.05, 4.69) is 10.6 Å². The highest BCUT2D eigenvalue weighted by atomic mass is 16.5. The molecule has 0 bridgehead atoms. The number of anilines is 2. The number of esters is 1. The number of rotatable bonds is 9. The average Bonchev–Trinajstić information content (AvgIpc) is 2.66. The third kappa shape index (κ3) is 7.49. The van der Waals surface area contributed by atoms with Gasteiger partial charge in [0.05, 0.1) is 13.0 Å². The van der Waals surface area contributed by atoms with Crippen LogP contribution in [-0.2, 0) is 19.1 Å². The SMILES string of the molecule is CCOc1ccc(NC(=O)COC(=O)CCC(=O)Nc2cccc(C)c2)cc1. The minimum atomic E-state index is -0.610. The summed E-state index contributed by atoms with van der Waals surface area (Å²) in [5.74, 6) is -0.653. The minimum absolute atomic E-state index is 0.0206. The topological polar surface area (TPSA) is 93.7 Å². The van der Waals surface area contributed by atoms with Crippen LogP contribution in [0.4, 0.5) is 11.4 Å². The summed E-state index contributed by atoms with van der Waals surface area (Å²) < 4.78 is 10.2. The molecule has 0 saturated carbocycles. The highest BCUT2D eigenvalue weighted by molar-refractivity contribution is 5.94. The molecule has 7 heteroatoms. The van der Waals surface area contributed by atoms with Gasteiger partial charge in [-0.25, -0.2) is 0 Å². The molecule has 0 aromatic heterocycles. The van der Waals surface area contributed by atoms with Crippen molar-refractivity contribution in [1.29, 1.82) is 0 Å². The lowest BCUT2D eigenvalue weighted by Gasteiger charge is -2.08. The number of hydrogen-bond donors (Lipinski definition) is 2. The van der Waals surface area contributed by atoms with Gasteiger partial charge in [-0.1, -0.05) is 12.1 Å².